The number of carbonyl (C=O) groups is 3. The predicted octanol–water partition coefficient (Wildman–Crippen LogP) is 2.61. The lowest BCUT2D eigenvalue weighted by Gasteiger charge is -2.21. The van der Waals surface area contributed by atoms with Crippen LogP contribution in [0.1, 0.15) is 66.4 Å². The molecule has 1 fully saturated rings. The molecule has 1 aliphatic carbocycles. The second kappa shape index (κ2) is 13.6. The van der Waals surface area contributed by atoms with Crippen LogP contribution in [0.25, 0.3) is 0 Å². The van der Waals surface area contributed by atoms with E-state index >= 15 is 0 Å². The molecule has 3 amide bonds. The fourth-order valence-corrected chi connectivity index (χ4v) is 5.13. The van der Waals surface area contributed by atoms with Crippen molar-refractivity contribution in [2.75, 3.05) is 18.4 Å². The minimum absolute atomic E-state index is 0.00641. The number of amides is 3. The average Bonchev–Trinajstić information content (AvgIpc) is 3.24. The number of nitrogens with zero attached hydrogens (tertiary/aromatic N) is 2. The van der Waals surface area contributed by atoms with Gasteiger partial charge in [0, 0.05) is 26.4 Å². The molecule has 0 radical (unpaired) electrons. The van der Waals surface area contributed by atoms with Gasteiger partial charge < -0.3 is 27.4 Å². The third-order valence-electron chi connectivity index (χ3n) is 5.98. The van der Waals surface area contributed by atoms with Gasteiger partial charge in [-0.05, 0) is 49.3 Å². The Labute approximate surface area is 215 Å². The summed E-state index contributed by atoms with van der Waals surface area (Å²) in [5.74, 6) is -0.0666. The summed E-state index contributed by atoms with van der Waals surface area (Å²) >= 11 is 1.13. The van der Waals surface area contributed by atoms with Crippen molar-refractivity contribution < 1.29 is 14.4 Å². The Balaban J connectivity index is 1.54. The fraction of sp³-hybridized carbons (Fsp3) is 0.480. The van der Waals surface area contributed by atoms with Gasteiger partial charge in [0.2, 0.25) is 11.8 Å². The highest BCUT2D eigenvalue weighted by Crippen LogP contribution is 2.25. The summed E-state index contributed by atoms with van der Waals surface area (Å²) in [6.07, 6.45) is 7.44. The lowest BCUT2D eigenvalue weighted by atomic mass is 9.89. The molecule has 0 spiro atoms. The quantitative estimate of drug-likeness (QED) is 0.229. The van der Waals surface area contributed by atoms with Gasteiger partial charge in [0.05, 0.1) is 11.4 Å². The number of aliphatic imine (C=N–C) groups is 1. The van der Waals surface area contributed by atoms with Crippen LogP contribution in [0.5, 0.6) is 0 Å². The number of hydrogen-bond donors (Lipinski definition) is 5. The molecular formula is C25H35N7O3S. The van der Waals surface area contributed by atoms with E-state index in [1.807, 2.05) is 24.3 Å². The van der Waals surface area contributed by atoms with Gasteiger partial charge in [0.15, 0.2) is 11.1 Å². The number of guanidine groups is 1. The summed E-state index contributed by atoms with van der Waals surface area (Å²) in [6.45, 7) is 2.33. The van der Waals surface area contributed by atoms with E-state index in [4.69, 9.17) is 11.5 Å². The van der Waals surface area contributed by atoms with Gasteiger partial charge in [-0.1, -0.05) is 42.7 Å². The molecule has 1 aliphatic rings. The van der Waals surface area contributed by atoms with E-state index in [9.17, 15) is 14.4 Å². The second-order valence-electron chi connectivity index (χ2n) is 8.99. The van der Waals surface area contributed by atoms with Crippen molar-refractivity contribution >= 4 is 45.8 Å². The molecule has 0 saturated heterocycles. The maximum atomic E-state index is 12.9. The standard InChI is InChI=1S/C25H35N7O3S/c1-16(33)30-25-32-20(12-9-17-7-10-19(11-8-17)31-24(26)27)22(36-25)23(35)28-14-13-21(34)29-15-18-5-3-2-4-6-18/h7-8,10-11,18H,2-6,9,12-15H2,1H3,(H,28,35)(H,29,34)(H4,26,27,31)(H,30,32,33). The number of aryl methyl sites for hydroxylation is 2. The van der Waals surface area contributed by atoms with Crippen LogP contribution in [0.3, 0.4) is 0 Å². The van der Waals surface area contributed by atoms with Crippen LogP contribution in [-0.4, -0.2) is 41.8 Å². The zero-order valence-electron chi connectivity index (χ0n) is 20.6. The van der Waals surface area contributed by atoms with Crippen LogP contribution in [0.15, 0.2) is 29.3 Å². The Hall–Kier alpha value is -3.47. The van der Waals surface area contributed by atoms with Crippen molar-refractivity contribution in [3.63, 3.8) is 0 Å². The highest BCUT2D eigenvalue weighted by molar-refractivity contribution is 7.17. The average molecular weight is 514 g/mol. The van der Waals surface area contributed by atoms with Gasteiger partial charge in [0.1, 0.15) is 4.88 Å². The monoisotopic (exact) mass is 513 g/mol. The van der Waals surface area contributed by atoms with Crippen molar-refractivity contribution in [2.45, 2.75) is 58.3 Å². The van der Waals surface area contributed by atoms with E-state index in [0.717, 1.165) is 16.9 Å². The number of carbonyl (C=O) groups excluding carboxylic acids is 3. The van der Waals surface area contributed by atoms with Crippen LogP contribution in [0, 0.1) is 5.92 Å². The van der Waals surface area contributed by atoms with E-state index < -0.39 is 0 Å². The molecular weight excluding hydrogens is 478 g/mol. The van der Waals surface area contributed by atoms with Gasteiger partial charge in [-0.15, -0.1) is 0 Å². The van der Waals surface area contributed by atoms with Gasteiger partial charge in [-0.25, -0.2) is 9.98 Å². The zero-order chi connectivity index (χ0) is 25.9. The van der Waals surface area contributed by atoms with Gasteiger partial charge in [-0.2, -0.15) is 0 Å². The lowest BCUT2D eigenvalue weighted by Crippen LogP contribution is -2.33. The zero-order valence-corrected chi connectivity index (χ0v) is 21.5. The third-order valence-corrected chi connectivity index (χ3v) is 6.99. The van der Waals surface area contributed by atoms with Gasteiger partial charge in [0.25, 0.3) is 5.91 Å². The number of benzene rings is 1. The van der Waals surface area contributed by atoms with Crippen LogP contribution < -0.4 is 27.4 Å². The first kappa shape index (κ1) is 27.1. The Morgan fingerprint density at radius 1 is 1.06 bits per heavy atom. The minimum Gasteiger partial charge on any atom is -0.370 e. The second-order valence-corrected chi connectivity index (χ2v) is 9.99. The first-order chi connectivity index (χ1) is 17.3. The SMILES string of the molecule is CC(=O)Nc1nc(CCc2ccc(N=C(N)N)cc2)c(C(=O)NCCC(=O)NCC2CCCCC2)s1. The molecule has 0 bridgehead atoms. The molecule has 194 valence electrons. The highest BCUT2D eigenvalue weighted by Gasteiger charge is 2.19. The number of nitrogens with one attached hydrogen (secondary N) is 3. The normalized spacial score (nSPS) is 13.6. The molecule has 1 heterocycles. The van der Waals surface area contributed by atoms with Crippen molar-refractivity contribution in [3.8, 4) is 0 Å². The number of hydrogen-bond acceptors (Lipinski definition) is 6. The van der Waals surface area contributed by atoms with Crippen LogP contribution in [0.4, 0.5) is 10.8 Å². The van der Waals surface area contributed by atoms with E-state index in [-0.39, 0.29) is 36.6 Å². The van der Waals surface area contributed by atoms with Crippen molar-refractivity contribution in [1.29, 1.82) is 0 Å². The molecule has 10 nitrogen and oxygen atoms in total. The molecule has 0 unspecified atom stereocenters. The van der Waals surface area contributed by atoms with Gasteiger partial charge >= 0.3 is 0 Å². The van der Waals surface area contributed by atoms with Crippen molar-refractivity contribution in [1.82, 2.24) is 15.6 Å². The molecule has 36 heavy (non-hydrogen) atoms. The highest BCUT2D eigenvalue weighted by atomic mass is 32.1. The first-order valence-electron chi connectivity index (χ1n) is 12.3. The molecule has 0 aliphatic heterocycles. The number of thiazole rings is 1. The molecule has 1 aromatic carbocycles. The lowest BCUT2D eigenvalue weighted by molar-refractivity contribution is -0.121. The summed E-state index contributed by atoms with van der Waals surface area (Å²) in [5, 5.41) is 8.83. The molecule has 7 N–H and O–H groups in total. The van der Waals surface area contributed by atoms with Gasteiger partial charge in [-0.3, -0.25) is 14.4 Å². The Morgan fingerprint density at radius 3 is 2.44 bits per heavy atom. The molecule has 3 rings (SSSR count). The predicted molar refractivity (Wildman–Crippen MR) is 142 cm³/mol. The summed E-state index contributed by atoms with van der Waals surface area (Å²) in [4.78, 5) is 45.5. The van der Waals surface area contributed by atoms with Crippen molar-refractivity contribution in [3.05, 3.63) is 40.4 Å². The van der Waals surface area contributed by atoms with Crippen LogP contribution in [0.2, 0.25) is 0 Å². The summed E-state index contributed by atoms with van der Waals surface area (Å²) in [5.41, 5.74) is 13.1. The maximum absolute atomic E-state index is 12.9. The number of aromatic nitrogens is 1. The number of rotatable bonds is 11. The molecule has 2 aromatic rings. The van der Waals surface area contributed by atoms with E-state index in [2.05, 4.69) is 25.9 Å². The number of anilines is 1. The van der Waals surface area contributed by atoms with Crippen molar-refractivity contribution in [2.24, 2.45) is 22.4 Å². The molecule has 11 heteroatoms. The Kier molecular flexibility index (Phi) is 10.2. The van der Waals surface area contributed by atoms with Crippen LogP contribution in [-0.2, 0) is 22.4 Å². The largest absolute Gasteiger partial charge is 0.370 e. The topological polar surface area (TPSA) is 165 Å². The smallest absolute Gasteiger partial charge is 0.263 e. The molecule has 1 saturated carbocycles. The maximum Gasteiger partial charge on any atom is 0.263 e. The summed E-state index contributed by atoms with van der Waals surface area (Å²) in [6, 6.07) is 7.45. The Morgan fingerprint density at radius 2 is 1.78 bits per heavy atom. The van der Waals surface area contributed by atoms with E-state index in [1.54, 1.807) is 0 Å². The molecule has 0 atom stereocenters. The minimum atomic E-state index is -0.303. The fourth-order valence-electron chi connectivity index (χ4n) is 4.16. The Bertz CT molecular complexity index is 1070. The van der Waals surface area contributed by atoms with E-state index in [0.29, 0.717) is 46.7 Å². The van der Waals surface area contributed by atoms with E-state index in [1.165, 1.54) is 39.0 Å². The summed E-state index contributed by atoms with van der Waals surface area (Å²) in [7, 11) is 0. The summed E-state index contributed by atoms with van der Waals surface area (Å²) < 4.78 is 0. The van der Waals surface area contributed by atoms with Crippen LogP contribution >= 0.6 is 11.3 Å². The third kappa shape index (κ3) is 8.95. The molecule has 1 aromatic heterocycles. The number of nitrogens with two attached hydrogens (primary N) is 2. The first-order valence-corrected chi connectivity index (χ1v) is 13.1.